The van der Waals surface area contributed by atoms with Crippen molar-refractivity contribution in [2.75, 3.05) is 13.6 Å². The van der Waals surface area contributed by atoms with Gasteiger partial charge in [0, 0.05) is 25.7 Å². The van der Waals surface area contributed by atoms with E-state index in [4.69, 9.17) is 0 Å². The average molecular weight is 219 g/mol. The van der Waals surface area contributed by atoms with Gasteiger partial charge < -0.3 is 16.0 Å². The highest BCUT2D eigenvalue weighted by atomic mass is 16.2. The summed E-state index contributed by atoms with van der Waals surface area (Å²) in [5.41, 5.74) is 1.28. The Morgan fingerprint density at radius 2 is 2.12 bits per heavy atom. The molecule has 2 rings (SSSR count). The highest BCUT2D eigenvalue weighted by Gasteiger charge is 2.25. The molecule has 4 nitrogen and oxygen atoms in total. The number of carbonyl (C=O) groups is 1. The second kappa shape index (κ2) is 4.99. The van der Waals surface area contributed by atoms with Crippen LogP contribution in [-0.2, 0) is 0 Å². The van der Waals surface area contributed by atoms with Crippen LogP contribution in [0.4, 0.5) is 4.79 Å². The standard InChI is InChI=1S/C12H17N3O/c1-13-12(16)15-10-7-11(14-8-10)9-5-3-2-4-6-9/h2-6,10-11,14H,7-8H2,1H3,(H2,13,15,16). The lowest BCUT2D eigenvalue weighted by Crippen LogP contribution is -2.41. The van der Waals surface area contributed by atoms with Crippen LogP contribution in [0, 0.1) is 0 Å². The van der Waals surface area contributed by atoms with Crippen LogP contribution in [0.3, 0.4) is 0 Å². The first-order chi connectivity index (χ1) is 7.79. The van der Waals surface area contributed by atoms with E-state index in [1.54, 1.807) is 7.05 Å². The summed E-state index contributed by atoms with van der Waals surface area (Å²) in [6.07, 6.45) is 0.942. The number of amides is 2. The van der Waals surface area contributed by atoms with Gasteiger partial charge in [-0.3, -0.25) is 0 Å². The fourth-order valence-corrected chi connectivity index (χ4v) is 2.04. The van der Waals surface area contributed by atoms with Crippen LogP contribution in [0.15, 0.2) is 30.3 Å². The lowest BCUT2D eigenvalue weighted by Gasteiger charge is -2.12. The van der Waals surface area contributed by atoms with Crippen LogP contribution in [0.5, 0.6) is 0 Å². The molecule has 0 aromatic heterocycles. The molecular formula is C12H17N3O. The molecule has 3 N–H and O–H groups in total. The molecular weight excluding hydrogens is 202 g/mol. The summed E-state index contributed by atoms with van der Waals surface area (Å²) in [7, 11) is 1.63. The van der Waals surface area contributed by atoms with Crippen LogP contribution >= 0.6 is 0 Å². The topological polar surface area (TPSA) is 53.2 Å². The van der Waals surface area contributed by atoms with Crippen molar-refractivity contribution in [2.24, 2.45) is 0 Å². The number of hydrogen-bond donors (Lipinski definition) is 3. The first-order valence-electron chi connectivity index (χ1n) is 5.56. The Hall–Kier alpha value is -1.55. The number of benzene rings is 1. The molecule has 1 fully saturated rings. The average Bonchev–Trinajstić information content (AvgIpc) is 2.78. The Labute approximate surface area is 95.4 Å². The van der Waals surface area contributed by atoms with E-state index in [0.29, 0.717) is 6.04 Å². The second-order valence-electron chi connectivity index (χ2n) is 4.03. The maximum Gasteiger partial charge on any atom is 0.314 e. The lowest BCUT2D eigenvalue weighted by atomic mass is 10.0. The van der Waals surface area contributed by atoms with Crippen molar-refractivity contribution < 1.29 is 4.79 Å². The highest BCUT2D eigenvalue weighted by molar-refractivity contribution is 5.73. The third kappa shape index (κ3) is 2.52. The zero-order chi connectivity index (χ0) is 11.4. The molecule has 16 heavy (non-hydrogen) atoms. The number of rotatable bonds is 2. The smallest absolute Gasteiger partial charge is 0.314 e. The quantitative estimate of drug-likeness (QED) is 0.695. The molecule has 0 radical (unpaired) electrons. The summed E-state index contributed by atoms with van der Waals surface area (Å²) in [6.45, 7) is 0.826. The maximum absolute atomic E-state index is 11.2. The molecule has 86 valence electrons. The molecule has 1 aliphatic rings. The predicted molar refractivity (Wildman–Crippen MR) is 63.2 cm³/mol. The summed E-state index contributed by atoms with van der Waals surface area (Å²) in [6, 6.07) is 10.8. The molecule has 0 saturated carbocycles. The number of urea groups is 1. The van der Waals surface area contributed by atoms with Crippen LogP contribution in [0.1, 0.15) is 18.0 Å². The molecule has 2 amide bonds. The fourth-order valence-electron chi connectivity index (χ4n) is 2.04. The van der Waals surface area contributed by atoms with Crippen LogP contribution < -0.4 is 16.0 Å². The Bertz CT molecular complexity index is 353. The fraction of sp³-hybridized carbons (Fsp3) is 0.417. The van der Waals surface area contributed by atoms with Gasteiger partial charge in [0.1, 0.15) is 0 Å². The van der Waals surface area contributed by atoms with Crippen LogP contribution in [-0.4, -0.2) is 25.7 Å². The SMILES string of the molecule is CNC(=O)NC1CNC(c2ccccc2)C1. The molecule has 1 heterocycles. The van der Waals surface area contributed by atoms with Gasteiger partial charge in [0.15, 0.2) is 0 Å². The Kier molecular flexibility index (Phi) is 3.41. The minimum atomic E-state index is -0.111. The molecule has 4 heteroatoms. The monoisotopic (exact) mass is 219 g/mol. The molecule has 1 aromatic carbocycles. The van der Waals surface area contributed by atoms with E-state index in [9.17, 15) is 4.79 Å². The first-order valence-corrected chi connectivity index (χ1v) is 5.56. The van der Waals surface area contributed by atoms with Crippen molar-refractivity contribution in [2.45, 2.75) is 18.5 Å². The van der Waals surface area contributed by atoms with Crippen molar-refractivity contribution in [3.8, 4) is 0 Å². The third-order valence-corrected chi connectivity index (χ3v) is 2.90. The van der Waals surface area contributed by atoms with Gasteiger partial charge in [-0.2, -0.15) is 0 Å². The summed E-state index contributed by atoms with van der Waals surface area (Å²) >= 11 is 0. The van der Waals surface area contributed by atoms with Gasteiger partial charge in [-0.05, 0) is 12.0 Å². The molecule has 1 aromatic rings. The normalized spacial score (nSPS) is 24.1. The minimum Gasteiger partial charge on any atom is -0.341 e. The summed E-state index contributed by atoms with van der Waals surface area (Å²) in [4.78, 5) is 11.2. The van der Waals surface area contributed by atoms with Crippen molar-refractivity contribution >= 4 is 6.03 Å². The molecule has 2 atom stereocenters. The van der Waals surface area contributed by atoms with E-state index in [2.05, 4.69) is 28.1 Å². The third-order valence-electron chi connectivity index (χ3n) is 2.90. The van der Waals surface area contributed by atoms with Crippen molar-refractivity contribution in [3.05, 3.63) is 35.9 Å². The van der Waals surface area contributed by atoms with E-state index in [1.807, 2.05) is 18.2 Å². The molecule has 1 aliphatic heterocycles. The summed E-state index contributed by atoms with van der Waals surface area (Å²) < 4.78 is 0. The van der Waals surface area contributed by atoms with Crippen molar-refractivity contribution in [1.29, 1.82) is 0 Å². The van der Waals surface area contributed by atoms with Gasteiger partial charge in [0.25, 0.3) is 0 Å². The molecule has 2 unspecified atom stereocenters. The Morgan fingerprint density at radius 3 is 2.81 bits per heavy atom. The summed E-state index contributed by atoms with van der Waals surface area (Å²) in [5, 5.41) is 8.89. The van der Waals surface area contributed by atoms with E-state index >= 15 is 0 Å². The van der Waals surface area contributed by atoms with E-state index in [0.717, 1.165) is 13.0 Å². The maximum atomic E-state index is 11.2. The first kappa shape index (κ1) is 11.0. The molecule has 0 aliphatic carbocycles. The lowest BCUT2D eigenvalue weighted by molar-refractivity contribution is 0.239. The van der Waals surface area contributed by atoms with Gasteiger partial charge in [0.2, 0.25) is 0 Å². The number of carbonyl (C=O) groups excluding carboxylic acids is 1. The second-order valence-corrected chi connectivity index (χ2v) is 4.03. The molecule has 0 bridgehead atoms. The number of nitrogens with one attached hydrogen (secondary N) is 3. The van der Waals surface area contributed by atoms with Crippen LogP contribution in [0.25, 0.3) is 0 Å². The largest absolute Gasteiger partial charge is 0.341 e. The molecule has 0 spiro atoms. The summed E-state index contributed by atoms with van der Waals surface area (Å²) in [5.74, 6) is 0. The minimum absolute atomic E-state index is 0.111. The zero-order valence-electron chi connectivity index (χ0n) is 9.36. The van der Waals surface area contributed by atoms with Gasteiger partial charge in [-0.15, -0.1) is 0 Å². The van der Waals surface area contributed by atoms with Gasteiger partial charge >= 0.3 is 6.03 Å². The van der Waals surface area contributed by atoms with Gasteiger partial charge in [-0.25, -0.2) is 4.79 Å². The predicted octanol–water partition coefficient (Wildman–Crippen LogP) is 1.02. The van der Waals surface area contributed by atoms with Crippen LogP contribution in [0.2, 0.25) is 0 Å². The van der Waals surface area contributed by atoms with E-state index < -0.39 is 0 Å². The van der Waals surface area contributed by atoms with E-state index in [-0.39, 0.29) is 12.1 Å². The van der Waals surface area contributed by atoms with Gasteiger partial charge in [-0.1, -0.05) is 30.3 Å². The van der Waals surface area contributed by atoms with Crippen molar-refractivity contribution in [1.82, 2.24) is 16.0 Å². The number of hydrogen-bond acceptors (Lipinski definition) is 2. The zero-order valence-corrected chi connectivity index (χ0v) is 9.36. The van der Waals surface area contributed by atoms with E-state index in [1.165, 1.54) is 5.56 Å². The van der Waals surface area contributed by atoms with Crippen molar-refractivity contribution in [3.63, 3.8) is 0 Å². The Morgan fingerprint density at radius 1 is 1.38 bits per heavy atom. The molecule has 1 saturated heterocycles. The Balaban J connectivity index is 1.91. The van der Waals surface area contributed by atoms with Gasteiger partial charge in [0.05, 0.1) is 0 Å². The highest BCUT2D eigenvalue weighted by Crippen LogP contribution is 2.22.